The highest BCUT2D eigenvalue weighted by Gasteiger charge is 2.21. The van der Waals surface area contributed by atoms with Crippen LogP contribution in [0.3, 0.4) is 0 Å². The minimum atomic E-state index is 0.602. The largest absolute Gasteiger partial charge is 0.342 e. The quantitative estimate of drug-likeness (QED) is 0.881. The molecule has 2 fully saturated rings. The second kappa shape index (κ2) is 5.22. The Kier molecular flexibility index (Phi) is 3.46. The van der Waals surface area contributed by atoms with Crippen molar-refractivity contribution in [3.05, 3.63) is 18.0 Å². The molecule has 2 heterocycles. The Bertz CT molecular complexity index is 379. The first kappa shape index (κ1) is 11.9. The summed E-state index contributed by atoms with van der Waals surface area (Å²) < 4.78 is 0. The van der Waals surface area contributed by atoms with Crippen molar-refractivity contribution in [3.8, 4) is 0 Å². The van der Waals surface area contributed by atoms with Crippen molar-refractivity contribution in [1.29, 1.82) is 0 Å². The first-order chi connectivity index (χ1) is 8.83. The molecule has 18 heavy (non-hydrogen) atoms. The monoisotopic (exact) mass is 246 g/mol. The van der Waals surface area contributed by atoms with Crippen LogP contribution >= 0.6 is 0 Å². The topological polar surface area (TPSA) is 41.0 Å². The van der Waals surface area contributed by atoms with Gasteiger partial charge in [0.25, 0.3) is 0 Å². The van der Waals surface area contributed by atoms with Crippen molar-refractivity contribution in [2.24, 2.45) is 0 Å². The zero-order valence-corrected chi connectivity index (χ0v) is 11.1. The molecule has 0 bridgehead atoms. The van der Waals surface area contributed by atoms with Crippen LogP contribution in [0.1, 0.15) is 43.6 Å². The Balaban J connectivity index is 1.60. The van der Waals surface area contributed by atoms with Gasteiger partial charge in [-0.2, -0.15) is 0 Å². The maximum absolute atomic E-state index is 4.51. The van der Waals surface area contributed by atoms with Gasteiger partial charge in [-0.1, -0.05) is 6.42 Å². The van der Waals surface area contributed by atoms with Gasteiger partial charge in [-0.05, 0) is 43.7 Å². The van der Waals surface area contributed by atoms with Gasteiger partial charge < -0.3 is 10.2 Å². The van der Waals surface area contributed by atoms with E-state index in [-0.39, 0.29) is 0 Å². The summed E-state index contributed by atoms with van der Waals surface area (Å²) in [5, 5.41) is 3.51. The number of hydrogen-bond acceptors (Lipinski definition) is 4. The minimum Gasteiger partial charge on any atom is -0.342 e. The summed E-state index contributed by atoms with van der Waals surface area (Å²) in [5.41, 5.74) is 1.32. The van der Waals surface area contributed by atoms with Crippen LogP contribution in [-0.2, 0) is 0 Å². The summed E-state index contributed by atoms with van der Waals surface area (Å²) in [6.07, 6.45) is 10.6. The van der Waals surface area contributed by atoms with Crippen LogP contribution in [0.15, 0.2) is 12.4 Å². The fraction of sp³-hybridized carbons (Fsp3) is 0.714. The Morgan fingerprint density at radius 1 is 1.22 bits per heavy atom. The van der Waals surface area contributed by atoms with Crippen molar-refractivity contribution in [2.75, 3.05) is 25.0 Å². The third kappa shape index (κ3) is 2.48. The molecule has 0 spiro atoms. The molecule has 1 aliphatic carbocycles. The molecule has 1 saturated carbocycles. The van der Waals surface area contributed by atoms with E-state index in [9.17, 15) is 0 Å². The van der Waals surface area contributed by atoms with E-state index in [1.807, 2.05) is 12.4 Å². The number of nitrogens with zero attached hydrogens (tertiary/aromatic N) is 3. The van der Waals surface area contributed by atoms with Crippen molar-refractivity contribution in [1.82, 2.24) is 15.3 Å². The van der Waals surface area contributed by atoms with E-state index in [0.717, 1.165) is 25.0 Å². The normalized spacial score (nSPS) is 23.9. The second-order valence-corrected chi connectivity index (χ2v) is 5.62. The van der Waals surface area contributed by atoms with Crippen LogP contribution < -0.4 is 10.2 Å². The van der Waals surface area contributed by atoms with Crippen LogP contribution in [0.25, 0.3) is 0 Å². The Labute approximate surface area is 109 Å². The Morgan fingerprint density at radius 3 is 2.56 bits per heavy atom. The molecule has 1 aliphatic heterocycles. The van der Waals surface area contributed by atoms with Crippen LogP contribution in [0.4, 0.5) is 5.95 Å². The number of anilines is 1. The predicted octanol–water partition coefficient (Wildman–Crippen LogP) is 1.93. The van der Waals surface area contributed by atoms with Gasteiger partial charge in [0.1, 0.15) is 0 Å². The van der Waals surface area contributed by atoms with Crippen molar-refractivity contribution < 1.29 is 0 Å². The zero-order valence-electron chi connectivity index (χ0n) is 11.1. The molecule has 4 nitrogen and oxygen atoms in total. The van der Waals surface area contributed by atoms with E-state index in [1.165, 1.54) is 37.7 Å². The minimum absolute atomic E-state index is 0.602. The Hall–Kier alpha value is -1.16. The van der Waals surface area contributed by atoms with Crippen molar-refractivity contribution in [2.45, 2.75) is 44.1 Å². The van der Waals surface area contributed by atoms with Gasteiger partial charge in [-0.15, -0.1) is 0 Å². The van der Waals surface area contributed by atoms with Crippen LogP contribution in [0.2, 0.25) is 0 Å². The summed E-state index contributed by atoms with van der Waals surface area (Å²) in [6.45, 7) is 2.16. The molecule has 1 aromatic rings. The lowest BCUT2D eigenvalue weighted by Crippen LogP contribution is -2.36. The van der Waals surface area contributed by atoms with Crippen molar-refractivity contribution >= 4 is 5.95 Å². The van der Waals surface area contributed by atoms with Gasteiger partial charge in [0.15, 0.2) is 0 Å². The molecule has 2 aliphatic rings. The van der Waals surface area contributed by atoms with Crippen molar-refractivity contribution in [3.63, 3.8) is 0 Å². The lowest BCUT2D eigenvalue weighted by Gasteiger charge is -2.26. The summed E-state index contributed by atoms with van der Waals surface area (Å²) >= 11 is 0. The van der Waals surface area contributed by atoms with Crippen LogP contribution in [0.5, 0.6) is 0 Å². The summed E-state index contributed by atoms with van der Waals surface area (Å²) in [6, 6.07) is 0.602. The van der Waals surface area contributed by atoms with Gasteiger partial charge >= 0.3 is 0 Å². The van der Waals surface area contributed by atoms with E-state index in [0.29, 0.717) is 6.04 Å². The molecule has 4 heteroatoms. The van der Waals surface area contributed by atoms with Crippen LogP contribution in [-0.4, -0.2) is 36.1 Å². The standard InChI is InChI=1S/C14H22N4/c1-18(10-13-6-3-7-15-13)14-16-8-12(9-17-14)11-4-2-5-11/h8-9,11,13,15H,2-7,10H2,1H3. The third-order valence-electron chi connectivity index (χ3n) is 4.23. The van der Waals surface area contributed by atoms with Gasteiger partial charge in [0.2, 0.25) is 5.95 Å². The van der Waals surface area contributed by atoms with Gasteiger partial charge in [-0.3, -0.25) is 0 Å². The number of hydrogen-bond donors (Lipinski definition) is 1. The number of nitrogens with one attached hydrogen (secondary N) is 1. The highest BCUT2D eigenvalue weighted by atomic mass is 15.2. The van der Waals surface area contributed by atoms with E-state index >= 15 is 0 Å². The molecule has 0 amide bonds. The highest BCUT2D eigenvalue weighted by molar-refractivity contribution is 5.30. The highest BCUT2D eigenvalue weighted by Crippen LogP contribution is 2.35. The average molecular weight is 246 g/mol. The Morgan fingerprint density at radius 2 is 2.00 bits per heavy atom. The van der Waals surface area contributed by atoms with Gasteiger partial charge in [0.05, 0.1) is 0 Å². The first-order valence-corrected chi connectivity index (χ1v) is 7.09. The lowest BCUT2D eigenvalue weighted by molar-refractivity contribution is 0.417. The van der Waals surface area contributed by atoms with E-state index in [2.05, 4.69) is 27.2 Å². The molecular formula is C14H22N4. The van der Waals surface area contributed by atoms with E-state index < -0.39 is 0 Å². The SMILES string of the molecule is CN(CC1CCCN1)c1ncc(C2CCC2)cn1. The van der Waals surface area contributed by atoms with Gasteiger partial charge in [0, 0.05) is 32.0 Å². The number of likely N-dealkylation sites (N-methyl/N-ethyl adjacent to an activating group) is 1. The molecule has 98 valence electrons. The third-order valence-corrected chi connectivity index (χ3v) is 4.23. The van der Waals surface area contributed by atoms with E-state index in [1.54, 1.807) is 0 Å². The average Bonchev–Trinajstić information content (AvgIpc) is 2.80. The molecule has 1 atom stereocenters. The fourth-order valence-electron chi connectivity index (χ4n) is 2.81. The summed E-state index contributed by atoms with van der Waals surface area (Å²) in [7, 11) is 2.08. The molecular weight excluding hydrogens is 224 g/mol. The number of aromatic nitrogens is 2. The van der Waals surface area contributed by atoms with E-state index in [4.69, 9.17) is 0 Å². The second-order valence-electron chi connectivity index (χ2n) is 5.62. The molecule has 1 saturated heterocycles. The van der Waals surface area contributed by atoms with Crippen LogP contribution in [0, 0.1) is 0 Å². The molecule has 0 radical (unpaired) electrons. The van der Waals surface area contributed by atoms with Gasteiger partial charge in [-0.25, -0.2) is 9.97 Å². The zero-order chi connectivity index (χ0) is 12.4. The lowest BCUT2D eigenvalue weighted by atomic mass is 9.81. The molecule has 3 rings (SSSR count). The fourth-order valence-corrected chi connectivity index (χ4v) is 2.81. The first-order valence-electron chi connectivity index (χ1n) is 7.09. The maximum Gasteiger partial charge on any atom is 0.225 e. The molecule has 1 unspecified atom stereocenters. The maximum atomic E-state index is 4.51. The molecule has 1 aromatic heterocycles. The summed E-state index contributed by atoms with van der Waals surface area (Å²) in [4.78, 5) is 11.2. The predicted molar refractivity (Wildman–Crippen MR) is 72.9 cm³/mol. The molecule has 1 N–H and O–H groups in total. The smallest absolute Gasteiger partial charge is 0.225 e. The summed E-state index contributed by atoms with van der Waals surface area (Å²) in [5.74, 6) is 1.58. The number of rotatable bonds is 4. The molecule has 0 aromatic carbocycles.